The first-order chi connectivity index (χ1) is 14.1. The van der Waals surface area contributed by atoms with Crippen molar-refractivity contribution in [2.45, 2.75) is 33.2 Å². The summed E-state index contributed by atoms with van der Waals surface area (Å²) in [6, 6.07) is 9.09. The first kappa shape index (κ1) is 21.3. The van der Waals surface area contributed by atoms with Crippen LogP contribution in [-0.2, 0) is 0 Å². The van der Waals surface area contributed by atoms with Crippen LogP contribution in [0, 0.1) is 0 Å². The van der Waals surface area contributed by atoms with Crippen LogP contribution in [0.1, 0.15) is 49.2 Å². The smallest absolute Gasteiger partial charge is 0.252 e. The number of halogens is 1. The number of amides is 1. The molecule has 1 unspecified atom stereocenters. The maximum atomic E-state index is 13.1. The third-order valence-corrected chi connectivity index (χ3v) is 4.98. The molecule has 6 nitrogen and oxygen atoms in total. The summed E-state index contributed by atoms with van der Waals surface area (Å²) in [6.07, 6.45) is 0.697. The van der Waals surface area contributed by atoms with Crippen molar-refractivity contribution in [2.24, 2.45) is 0 Å². The summed E-state index contributed by atoms with van der Waals surface area (Å²) in [5, 5.41) is 3.12. The van der Waals surface area contributed by atoms with E-state index in [1.165, 1.54) is 0 Å². The molecule has 0 saturated carbocycles. The van der Waals surface area contributed by atoms with E-state index < -0.39 is 0 Å². The number of hydrogen-bond acceptors (Lipinski definition) is 5. The van der Waals surface area contributed by atoms with Crippen LogP contribution in [0.3, 0.4) is 0 Å². The molecule has 1 amide bonds. The average Bonchev–Trinajstić information content (AvgIpc) is 2.71. The van der Waals surface area contributed by atoms with Crippen LogP contribution < -0.4 is 24.3 Å². The molecule has 7 heteroatoms. The predicted octanol–water partition coefficient (Wildman–Crippen LogP) is 4.90. The highest BCUT2D eigenvalue weighted by Gasteiger charge is 2.25. The lowest BCUT2D eigenvalue weighted by atomic mass is 10.00. The van der Waals surface area contributed by atoms with E-state index in [1.807, 2.05) is 39.0 Å². The highest BCUT2D eigenvalue weighted by Crippen LogP contribution is 2.40. The molecule has 1 heterocycles. The van der Waals surface area contributed by atoms with Gasteiger partial charge < -0.3 is 24.3 Å². The standard InChI is InChI=1S/C22H26BrNO5/c1-4-26-19-11-14(12-20(27-5-2)21(19)28-6-3)22(25)24-17-9-10-29-18-8-7-15(23)13-16(17)18/h7-8,11-13,17H,4-6,9-10H2,1-3H3,(H,24,25). The highest BCUT2D eigenvalue weighted by atomic mass is 79.9. The van der Waals surface area contributed by atoms with Crippen LogP contribution >= 0.6 is 15.9 Å². The van der Waals surface area contributed by atoms with Gasteiger partial charge in [-0.1, -0.05) is 15.9 Å². The average molecular weight is 464 g/mol. The molecule has 0 aliphatic carbocycles. The molecule has 1 N–H and O–H groups in total. The molecule has 2 aromatic rings. The Bertz CT molecular complexity index is 843. The van der Waals surface area contributed by atoms with Gasteiger partial charge in [0.15, 0.2) is 11.5 Å². The molecule has 0 radical (unpaired) electrons. The van der Waals surface area contributed by atoms with Gasteiger partial charge in [0.1, 0.15) is 5.75 Å². The van der Waals surface area contributed by atoms with Gasteiger partial charge in [-0.25, -0.2) is 0 Å². The van der Waals surface area contributed by atoms with Gasteiger partial charge in [0.2, 0.25) is 5.75 Å². The van der Waals surface area contributed by atoms with Crippen molar-refractivity contribution in [2.75, 3.05) is 26.4 Å². The van der Waals surface area contributed by atoms with E-state index in [4.69, 9.17) is 18.9 Å². The predicted molar refractivity (Wildman–Crippen MR) is 114 cm³/mol. The van der Waals surface area contributed by atoms with E-state index in [2.05, 4.69) is 21.2 Å². The second-order valence-electron chi connectivity index (χ2n) is 6.45. The zero-order valence-corrected chi connectivity index (χ0v) is 18.5. The molecule has 0 saturated heterocycles. The fourth-order valence-electron chi connectivity index (χ4n) is 3.28. The highest BCUT2D eigenvalue weighted by molar-refractivity contribution is 9.10. The van der Waals surface area contributed by atoms with Crippen molar-refractivity contribution >= 4 is 21.8 Å². The molecule has 29 heavy (non-hydrogen) atoms. The Labute approximate surface area is 179 Å². The Kier molecular flexibility index (Phi) is 7.25. The lowest BCUT2D eigenvalue weighted by molar-refractivity contribution is 0.0923. The maximum Gasteiger partial charge on any atom is 0.252 e. The van der Waals surface area contributed by atoms with Crippen molar-refractivity contribution < 1.29 is 23.7 Å². The van der Waals surface area contributed by atoms with Crippen molar-refractivity contribution in [3.8, 4) is 23.0 Å². The van der Waals surface area contributed by atoms with Crippen molar-refractivity contribution in [3.05, 3.63) is 45.9 Å². The van der Waals surface area contributed by atoms with E-state index in [1.54, 1.807) is 12.1 Å². The monoisotopic (exact) mass is 463 g/mol. The molecule has 1 aliphatic rings. The molecule has 0 spiro atoms. The lowest BCUT2D eigenvalue weighted by Gasteiger charge is -2.27. The van der Waals surface area contributed by atoms with Crippen molar-refractivity contribution in [1.29, 1.82) is 0 Å². The molecule has 156 valence electrons. The number of fused-ring (bicyclic) bond motifs is 1. The molecular formula is C22H26BrNO5. The van der Waals surface area contributed by atoms with Crippen LogP contribution in [0.5, 0.6) is 23.0 Å². The first-order valence-corrected chi connectivity index (χ1v) is 10.7. The minimum atomic E-state index is -0.201. The van der Waals surface area contributed by atoms with Crippen LogP contribution in [0.15, 0.2) is 34.8 Å². The Morgan fingerprint density at radius 1 is 1.07 bits per heavy atom. The normalized spacial score (nSPS) is 15.1. The van der Waals surface area contributed by atoms with Gasteiger partial charge in [-0.05, 0) is 51.1 Å². The topological polar surface area (TPSA) is 66.0 Å². The minimum Gasteiger partial charge on any atom is -0.493 e. The third-order valence-electron chi connectivity index (χ3n) is 4.49. The molecule has 0 bridgehead atoms. The SMILES string of the molecule is CCOc1cc(C(=O)NC2CCOc3ccc(Br)cc32)cc(OCC)c1OCC. The summed E-state index contributed by atoms with van der Waals surface area (Å²) in [5.41, 5.74) is 1.42. The molecule has 0 fully saturated rings. The van der Waals surface area contributed by atoms with Gasteiger partial charge in [-0.2, -0.15) is 0 Å². The van der Waals surface area contributed by atoms with Crippen LogP contribution in [0.25, 0.3) is 0 Å². The number of ether oxygens (including phenoxy) is 4. The van der Waals surface area contributed by atoms with Gasteiger partial charge >= 0.3 is 0 Å². The molecule has 2 aromatic carbocycles. The van der Waals surface area contributed by atoms with Crippen molar-refractivity contribution in [1.82, 2.24) is 5.32 Å². The van der Waals surface area contributed by atoms with Gasteiger partial charge in [0.25, 0.3) is 5.91 Å². The fourth-order valence-corrected chi connectivity index (χ4v) is 3.66. The number of hydrogen-bond donors (Lipinski definition) is 1. The number of nitrogens with one attached hydrogen (secondary N) is 1. The largest absolute Gasteiger partial charge is 0.493 e. The van der Waals surface area contributed by atoms with E-state index in [9.17, 15) is 4.79 Å². The first-order valence-electron chi connectivity index (χ1n) is 9.86. The summed E-state index contributed by atoms with van der Waals surface area (Å²) in [5.74, 6) is 2.11. The van der Waals surface area contributed by atoms with Crippen LogP contribution in [-0.4, -0.2) is 32.3 Å². The van der Waals surface area contributed by atoms with Gasteiger partial charge in [0, 0.05) is 22.0 Å². The molecular weight excluding hydrogens is 438 g/mol. The number of carbonyl (C=O) groups is 1. The summed E-state index contributed by atoms with van der Waals surface area (Å²) >= 11 is 3.49. The number of carbonyl (C=O) groups excluding carboxylic acids is 1. The quantitative estimate of drug-likeness (QED) is 0.602. The Balaban J connectivity index is 1.90. The van der Waals surface area contributed by atoms with E-state index in [0.29, 0.717) is 55.7 Å². The van der Waals surface area contributed by atoms with Gasteiger partial charge in [0.05, 0.1) is 32.5 Å². The lowest BCUT2D eigenvalue weighted by Crippen LogP contribution is -2.32. The second-order valence-corrected chi connectivity index (χ2v) is 7.36. The third kappa shape index (κ3) is 4.96. The fraction of sp³-hybridized carbons (Fsp3) is 0.409. The maximum absolute atomic E-state index is 13.1. The van der Waals surface area contributed by atoms with E-state index in [-0.39, 0.29) is 11.9 Å². The molecule has 1 aliphatic heterocycles. The zero-order valence-electron chi connectivity index (χ0n) is 16.9. The summed E-state index contributed by atoms with van der Waals surface area (Å²) < 4.78 is 23.8. The Morgan fingerprint density at radius 3 is 2.34 bits per heavy atom. The second kappa shape index (κ2) is 9.87. The minimum absolute atomic E-state index is 0.138. The molecule has 3 rings (SSSR count). The van der Waals surface area contributed by atoms with Crippen molar-refractivity contribution in [3.63, 3.8) is 0 Å². The van der Waals surface area contributed by atoms with E-state index >= 15 is 0 Å². The summed E-state index contributed by atoms with van der Waals surface area (Å²) in [6.45, 7) is 7.61. The van der Waals surface area contributed by atoms with Crippen LogP contribution in [0.2, 0.25) is 0 Å². The van der Waals surface area contributed by atoms with Gasteiger partial charge in [-0.3, -0.25) is 4.79 Å². The number of benzene rings is 2. The van der Waals surface area contributed by atoms with E-state index in [0.717, 1.165) is 15.8 Å². The number of rotatable bonds is 8. The summed E-state index contributed by atoms with van der Waals surface area (Å²) in [4.78, 5) is 13.1. The molecule has 0 aromatic heterocycles. The zero-order chi connectivity index (χ0) is 20.8. The summed E-state index contributed by atoms with van der Waals surface area (Å²) in [7, 11) is 0. The van der Waals surface area contributed by atoms with Gasteiger partial charge in [-0.15, -0.1) is 0 Å². The van der Waals surface area contributed by atoms with Crippen LogP contribution in [0.4, 0.5) is 0 Å². The Hall–Kier alpha value is -2.41. The molecule has 1 atom stereocenters. The Morgan fingerprint density at radius 2 is 1.72 bits per heavy atom.